The molecule has 136 valence electrons. The number of carbonyl (C=O) groups excluding carboxylic acids is 1. The third-order valence-corrected chi connectivity index (χ3v) is 6.02. The normalized spacial score (nSPS) is 23.2. The summed E-state index contributed by atoms with van der Waals surface area (Å²) in [7, 11) is 0. The highest BCUT2D eigenvalue weighted by Crippen LogP contribution is 2.33. The summed E-state index contributed by atoms with van der Waals surface area (Å²) >= 11 is 1.73. The molecule has 2 aliphatic rings. The summed E-state index contributed by atoms with van der Waals surface area (Å²) in [5, 5.41) is 6.58. The Morgan fingerprint density at radius 2 is 1.73 bits per heavy atom. The van der Waals surface area contributed by atoms with Crippen LogP contribution >= 0.6 is 11.8 Å². The summed E-state index contributed by atoms with van der Waals surface area (Å²) < 4.78 is 5.83. The third-order valence-electron chi connectivity index (χ3n) is 4.73. The van der Waals surface area contributed by atoms with Gasteiger partial charge in [-0.15, -0.1) is 11.8 Å². The van der Waals surface area contributed by atoms with Crippen molar-refractivity contribution in [2.24, 2.45) is 0 Å². The second-order valence-electron chi connectivity index (χ2n) is 6.91. The van der Waals surface area contributed by atoms with Crippen LogP contribution in [0.25, 0.3) is 0 Å². The van der Waals surface area contributed by atoms with Crippen molar-refractivity contribution in [2.75, 3.05) is 12.3 Å². The van der Waals surface area contributed by atoms with E-state index in [-0.39, 0.29) is 17.2 Å². The highest BCUT2D eigenvalue weighted by molar-refractivity contribution is 8.00. The first-order valence-corrected chi connectivity index (χ1v) is 10.3. The number of benzene rings is 2. The van der Waals surface area contributed by atoms with Crippen molar-refractivity contribution >= 4 is 17.7 Å². The zero-order valence-electron chi connectivity index (χ0n) is 14.7. The highest BCUT2D eigenvalue weighted by Gasteiger charge is 2.28. The smallest absolute Gasteiger partial charge is 0.237 e. The molecule has 4 rings (SSSR count). The van der Waals surface area contributed by atoms with Crippen LogP contribution in [0.1, 0.15) is 30.1 Å². The quantitative estimate of drug-likeness (QED) is 0.812. The molecule has 0 unspecified atom stereocenters. The Hall–Kier alpha value is -1.98. The van der Waals surface area contributed by atoms with E-state index in [0.29, 0.717) is 6.04 Å². The van der Waals surface area contributed by atoms with Gasteiger partial charge in [0.15, 0.2) is 0 Å². The molecule has 1 heterocycles. The van der Waals surface area contributed by atoms with Gasteiger partial charge in [-0.2, -0.15) is 0 Å². The highest BCUT2D eigenvalue weighted by atomic mass is 32.2. The van der Waals surface area contributed by atoms with Crippen molar-refractivity contribution in [1.82, 2.24) is 10.6 Å². The average Bonchev–Trinajstić information content (AvgIpc) is 3.50. The maximum atomic E-state index is 12.7. The first kappa shape index (κ1) is 17.4. The molecule has 1 saturated heterocycles. The Labute approximate surface area is 158 Å². The molecule has 2 aromatic rings. The average molecular weight is 369 g/mol. The fourth-order valence-electron chi connectivity index (χ4n) is 3.09. The zero-order chi connectivity index (χ0) is 17.8. The fraction of sp³-hybridized carbons (Fsp3) is 0.381. The standard InChI is InChI=1S/C21H24N2O2S/c24-21-20(26-13-12-17(23-21)14-22-16-8-9-16)15-6-10-19(11-7-15)25-18-4-2-1-3-5-18/h1-7,10-11,16-17,20,22H,8-9,12-14H2,(H,23,24)/t17-,20+/m0/s1. The molecular formula is C21H24N2O2S. The summed E-state index contributed by atoms with van der Waals surface area (Å²) in [4.78, 5) is 12.7. The molecule has 5 heteroatoms. The van der Waals surface area contributed by atoms with Crippen molar-refractivity contribution in [3.8, 4) is 11.5 Å². The Balaban J connectivity index is 1.37. The Morgan fingerprint density at radius 1 is 1.00 bits per heavy atom. The molecule has 0 spiro atoms. The van der Waals surface area contributed by atoms with E-state index in [0.717, 1.165) is 35.8 Å². The molecule has 26 heavy (non-hydrogen) atoms. The van der Waals surface area contributed by atoms with Gasteiger partial charge in [0.25, 0.3) is 0 Å². The van der Waals surface area contributed by atoms with Gasteiger partial charge < -0.3 is 15.4 Å². The molecule has 0 aromatic heterocycles. The van der Waals surface area contributed by atoms with E-state index in [2.05, 4.69) is 10.6 Å². The van der Waals surface area contributed by atoms with Crippen molar-refractivity contribution in [2.45, 2.75) is 36.6 Å². The predicted molar refractivity (Wildman–Crippen MR) is 106 cm³/mol. The van der Waals surface area contributed by atoms with Crippen molar-refractivity contribution < 1.29 is 9.53 Å². The van der Waals surface area contributed by atoms with Gasteiger partial charge >= 0.3 is 0 Å². The third kappa shape index (κ3) is 4.59. The number of thioether (sulfide) groups is 1. The van der Waals surface area contributed by atoms with Gasteiger partial charge in [0.2, 0.25) is 5.91 Å². The maximum Gasteiger partial charge on any atom is 0.237 e. The van der Waals surface area contributed by atoms with Gasteiger partial charge in [-0.1, -0.05) is 30.3 Å². The maximum absolute atomic E-state index is 12.7. The first-order chi connectivity index (χ1) is 12.8. The molecule has 1 aliphatic carbocycles. The van der Waals surface area contributed by atoms with Gasteiger partial charge in [-0.25, -0.2) is 0 Å². The molecule has 2 N–H and O–H groups in total. The molecule has 4 nitrogen and oxygen atoms in total. The molecule has 2 aromatic carbocycles. The molecule has 0 radical (unpaired) electrons. The summed E-state index contributed by atoms with van der Waals surface area (Å²) in [5.74, 6) is 2.70. The molecule has 1 aliphatic heterocycles. The molecule has 2 atom stereocenters. The van der Waals surface area contributed by atoms with Gasteiger partial charge in [0.05, 0.1) is 0 Å². The van der Waals surface area contributed by atoms with Crippen LogP contribution in [-0.2, 0) is 4.79 Å². The number of amides is 1. The number of para-hydroxylation sites is 1. The lowest BCUT2D eigenvalue weighted by Crippen LogP contribution is -2.42. The van der Waals surface area contributed by atoms with Crippen LogP contribution in [0.2, 0.25) is 0 Å². The Kier molecular flexibility index (Phi) is 5.46. The summed E-state index contributed by atoms with van der Waals surface area (Å²) in [6, 6.07) is 18.5. The second-order valence-corrected chi connectivity index (χ2v) is 8.12. The minimum atomic E-state index is -0.147. The van der Waals surface area contributed by atoms with E-state index in [9.17, 15) is 4.79 Å². The van der Waals surface area contributed by atoms with Crippen LogP contribution in [0, 0.1) is 0 Å². The lowest BCUT2D eigenvalue weighted by atomic mass is 10.1. The van der Waals surface area contributed by atoms with Crippen LogP contribution in [-0.4, -0.2) is 30.3 Å². The van der Waals surface area contributed by atoms with Crippen LogP contribution in [0.3, 0.4) is 0 Å². The first-order valence-electron chi connectivity index (χ1n) is 9.26. The molecule has 0 bridgehead atoms. The summed E-state index contributed by atoms with van der Waals surface area (Å²) in [6.45, 7) is 0.882. The van der Waals surface area contributed by atoms with E-state index >= 15 is 0 Å². The SMILES string of the molecule is O=C1N[C@H](CNC2CC2)CCS[C@@H]1c1ccc(Oc2ccccc2)cc1. The van der Waals surface area contributed by atoms with Gasteiger partial charge in [0.1, 0.15) is 16.7 Å². The van der Waals surface area contributed by atoms with Crippen LogP contribution in [0.15, 0.2) is 54.6 Å². The molecule has 2 fully saturated rings. The van der Waals surface area contributed by atoms with Gasteiger partial charge in [-0.05, 0) is 54.8 Å². The summed E-state index contributed by atoms with van der Waals surface area (Å²) in [6.07, 6.45) is 3.56. The topological polar surface area (TPSA) is 50.4 Å². The van der Waals surface area contributed by atoms with Crippen LogP contribution < -0.4 is 15.4 Å². The fourth-order valence-corrected chi connectivity index (χ4v) is 4.31. The number of ether oxygens (including phenoxy) is 1. The van der Waals surface area contributed by atoms with E-state index in [1.165, 1.54) is 12.8 Å². The van der Waals surface area contributed by atoms with Crippen LogP contribution in [0.4, 0.5) is 0 Å². The van der Waals surface area contributed by atoms with E-state index in [1.54, 1.807) is 11.8 Å². The number of rotatable bonds is 6. The largest absolute Gasteiger partial charge is 0.457 e. The van der Waals surface area contributed by atoms with E-state index < -0.39 is 0 Å². The monoisotopic (exact) mass is 368 g/mol. The Morgan fingerprint density at radius 3 is 2.46 bits per heavy atom. The lowest BCUT2D eigenvalue weighted by Gasteiger charge is -2.18. The van der Waals surface area contributed by atoms with Crippen molar-refractivity contribution in [1.29, 1.82) is 0 Å². The molecule has 1 saturated carbocycles. The molecular weight excluding hydrogens is 344 g/mol. The van der Waals surface area contributed by atoms with Crippen molar-refractivity contribution in [3.05, 3.63) is 60.2 Å². The van der Waals surface area contributed by atoms with Crippen molar-refractivity contribution in [3.63, 3.8) is 0 Å². The minimum absolute atomic E-state index is 0.117. The predicted octanol–water partition coefficient (Wildman–Crippen LogP) is 3.89. The minimum Gasteiger partial charge on any atom is -0.457 e. The second kappa shape index (κ2) is 8.14. The number of hydrogen-bond donors (Lipinski definition) is 2. The van der Waals surface area contributed by atoms with E-state index in [1.807, 2.05) is 54.6 Å². The van der Waals surface area contributed by atoms with E-state index in [4.69, 9.17) is 4.74 Å². The number of nitrogens with one attached hydrogen (secondary N) is 2. The summed E-state index contributed by atoms with van der Waals surface area (Å²) in [5.41, 5.74) is 1.03. The van der Waals surface area contributed by atoms with Gasteiger partial charge in [-0.3, -0.25) is 4.79 Å². The zero-order valence-corrected chi connectivity index (χ0v) is 15.5. The van der Waals surface area contributed by atoms with Crippen LogP contribution in [0.5, 0.6) is 11.5 Å². The molecule has 1 amide bonds. The Bertz CT molecular complexity index is 731. The lowest BCUT2D eigenvalue weighted by molar-refractivity contribution is -0.121. The number of hydrogen-bond acceptors (Lipinski definition) is 4. The van der Waals surface area contributed by atoms with Gasteiger partial charge in [0, 0.05) is 18.6 Å². The number of carbonyl (C=O) groups is 1.